The van der Waals surface area contributed by atoms with Crippen molar-refractivity contribution >= 4 is 34.0 Å². The third-order valence-corrected chi connectivity index (χ3v) is 7.36. The molecule has 0 bridgehead atoms. The first kappa shape index (κ1) is 26.3. The van der Waals surface area contributed by atoms with E-state index < -0.39 is 23.7 Å². The second-order valence-electron chi connectivity index (χ2n) is 9.38. The molecule has 2 nitrogen and oxygen atoms in total. The van der Waals surface area contributed by atoms with E-state index in [-0.39, 0.29) is 44.0 Å². The third kappa shape index (κ3) is 4.37. The number of H-pyrrole nitrogens is 1. The van der Waals surface area contributed by atoms with E-state index in [9.17, 15) is 22.7 Å². The van der Waals surface area contributed by atoms with Crippen LogP contribution in [0.25, 0.3) is 33.2 Å². The second kappa shape index (κ2) is 9.47. The van der Waals surface area contributed by atoms with E-state index >= 15 is 4.39 Å². The molecule has 0 saturated heterocycles. The molecule has 38 heavy (non-hydrogen) atoms. The molecular formula is C29H20Cl2F5NO. The van der Waals surface area contributed by atoms with Crippen LogP contribution in [-0.2, 0) is 6.18 Å². The molecule has 1 aliphatic heterocycles. The van der Waals surface area contributed by atoms with Crippen LogP contribution in [0.5, 0.6) is 5.75 Å². The molecule has 5 rings (SSSR count). The Hall–Kier alpha value is -3.29. The molecule has 1 aliphatic carbocycles. The highest BCUT2D eigenvalue weighted by molar-refractivity contribution is 6.43. The SMILES string of the molecule is CC(C)c1[nH]c2c3cc(Cl)c(Cl)cc3c(O)c-2c(-c2ccc(F)cc2)c1C(F)c1ccc(C(F)(F)F)cc1. The van der Waals surface area contributed by atoms with Gasteiger partial charge in [-0.25, -0.2) is 8.78 Å². The number of halogens is 7. The number of fused-ring (bicyclic) bond motifs is 3. The topological polar surface area (TPSA) is 36.0 Å². The summed E-state index contributed by atoms with van der Waals surface area (Å²) in [6.45, 7) is 3.67. The van der Waals surface area contributed by atoms with Gasteiger partial charge in [0.15, 0.2) is 6.17 Å². The summed E-state index contributed by atoms with van der Waals surface area (Å²) in [6.07, 6.45) is -6.44. The molecule has 0 saturated carbocycles. The lowest BCUT2D eigenvalue weighted by atomic mass is 9.85. The van der Waals surface area contributed by atoms with E-state index in [1.165, 1.54) is 30.3 Å². The van der Waals surface area contributed by atoms with E-state index in [4.69, 9.17) is 23.2 Å². The Kier molecular flexibility index (Phi) is 6.56. The van der Waals surface area contributed by atoms with Gasteiger partial charge in [-0.1, -0.05) is 61.3 Å². The van der Waals surface area contributed by atoms with Crippen LogP contribution in [0.2, 0.25) is 10.0 Å². The molecule has 1 heterocycles. The van der Waals surface area contributed by atoms with E-state index in [0.717, 1.165) is 24.3 Å². The Morgan fingerprint density at radius 1 is 0.842 bits per heavy atom. The smallest absolute Gasteiger partial charge is 0.416 e. The molecule has 0 aromatic heterocycles. The van der Waals surface area contributed by atoms with Gasteiger partial charge in [0, 0.05) is 33.2 Å². The Morgan fingerprint density at radius 3 is 1.97 bits per heavy atom. The first-order valence-electron chi connectivity index (χ1n) is 11.6. The average Bonchev–Trinajstić information content (AvgIpc) is 3.13. The van der Waals surface area contributed by atoms with Crippen LogP contribution >= 0.6 is 23.2 Å². The molecule has 2 aliphatic rings. The highest BCUT2D eigenvalue weighted by atomic mass is 35.5. The summed E-state index contributed by atoms with van der Waals surface area (Å²) in [5.41, 5.74) is 1.13. The maximum Gasteiger partial charge on any atom is 0.416 e. The lowest BCUT2D eigenvalue weighted by molar-refractivity contribution is -0.137. The Morgan fingerprint density at radius 2 is 1.42 bits per heavy atom. The van der Waals surface area contributed by atoms with Crippen LogP contribution in [0.1, 0.15) is 48.3 Å². The summed E-state index contributed by atoms with van der Waals surface area (Å²) in [7, 11) is 0. The lowest BCUT2D eigenvalue weighted by Gasteiger charge is -2.25. The largest absolute Gasteiger partial charge is 0.507 e. The number of aromatic nitrogens is 1. The highest BCUT2D eigenvalue weighted by Gasteiger charge is 2.34. The third-order valence-electron chi connectivity index (χ3n) is 6.64. The number of aromatic hydroxyl groups is 1. The van der Waals surface area contributed by atoms with Crippen LogP contribution in [0.4, 0.5) is 22.0 Å². The van der Waals surface area contributed by atoms with E-state index in [0.29, 0.717) is 27.7 Å². The van der Waals surface area contributed by atoms with Crippen molar-refractivity contribution in [3.05, 3.63) is 98.9 Å². The number of benzene rings is 3. The van der Waals surface area contributed by atoms with Gasteiger partial charge in [-0.15, -0.1) is 0 Å². The number of hydrogen-bond acceptors (Lipinski definition) is 1. The van der Waals surface area contributed by atoms with Crippen molar-refractivity contribution in [2.75, 3.05) is 0 Å². The molecule has 196 valence electrons. The van der Waals surface area contributed by atoms with E-state index in [1.54, 1.807) is 6.07 Å². The van der Waals surface area contributed by atoms with Crippen molar-refractivity contribution in [3.63, 3.8) is 0 Å². The minimum Gasteiger partial charge on any atom is -0.507 e. The van der Waals surface area contributed by atoms with Crippen LogP contribution in [0, 0.1) is 5.82 Å². The molecule has 0 radical (unpaired) electrons. The standard InChI is InChI=1S/C29H20Cl2F5NO/c1-13(2)26-23(25(33)15-3-7-16(8-4-15)29(34,35)36)22(14-5-9-17(32)10-6-14)24-27(37-26)18-11-20(30)21(31)12-19(18)28(24)38/h3-13,25,37-38H,1-2H3. The fourth-order valence-electron chi connectivity index (χ4n) is 4.82. The van der Waals surface area contributed by atoms with Crippen molar-refractivity contribution in [2.45, 2.75) is 32.1 Å². The molecule has 1 unspecified atom stereocenters. The van der Waals surface area contributed by atoms with Gasteiger partial charge in [-0.3, -0.25) is 0 Å². The molecule has 0 spiro atoms. The van der Waals surface area contributed by atoms with Gasteiger partial charge in [-0.2, -0.15) is 13.2 Å². The van der Waals surface area contributed by atoms with E-state index in [1.807, 2.05) is 13.8 Å². The van der Waals surface area contributed by atoms with Gasteiger partial charge < -0.3 is 10.1 Å². The maximum absolute atomic E-state index is 16.5. The zero-order valence-corrected chi connectivity index (χ0v) is 21.5. The Labute approximate surface area is 225 Å². The molecule has 9 heteroatoms. The monoisotopic (exact) mass is 563 g/mol. The van der Waals surface area contributed by atoms with Crippen molar-refractivity contribution < 1.29 is 27.1 Å². The summed E-state index contributed by atoms with van der Waals surface area (Å²) >= 11 is 12.5. The number of pyridine rings is 1. The summed E-state index contributed by atoms with van der Waals surface area (Å²) in [5, 5.41) is 12.8. The van der Waals surface area contributed by atoms with Crippen LogP contribution in [0.3, 0.4) is 0 Å². The Bertz CT molecular complexity index is 1620. The van der Waals surface area contributed by atoms with E-state index in [2.05, 4.69) is 4.98 Å². The van der Waals surface area contributed by atoms with Crippen LogP contribution in [0.15, 0.2) is 60.7 Å². The first-order valence-corrected chi connectivity index (χ1v) is 12.4. The molecule has 3 aromatic rings. The minimum atomic E-state index is -4.57. The van der Waals surface area contributed by atoms with Crippen molar-refractivity contribution in [3.8, 4) is 28.1 Å². The number of nitrogens with one attached hydrogen (secondary N) is 1. The van der Waals surface area contributed by atoms with Crippen molar-refractivity contribution in [1.29, 1.82) is 0 Å². The van der Waals surface area contributed by atoms with Crippen LogP contribution in [-0.4, -0.2) is 10.1 Å². The summed E-state index contributed by atoms with van der Waals surface area (Å²) in [6, 6.07) is 12.3. The van der Waals surface area contributed by atoms with Gasteiger partial charge in [0.2, 0.25) is 0 Å². The second-order valence-corrected chi connectivity index (χ2v) is 10.2. The molecule has 0 fully saturated rings. The predicted molar refractivity (Wildman–Crippen MR) is 140 cm³/mol. The molecule has 3 aromatic carbocycles. The number of aromatic amines is 1. The van der Waals surface area contributed by atoms with Gasteiger partial charge >= 0.3 is 6.18 Å². The van der Waals surface area contributed by atoms with Crippen molar-refractivity contribution in [2.24, 2.45) is 0 Å². The maximum atomic E-state index is 16.5. The molecule has 1 atom stereocenters. The number of alkyl halides is 4. The highest BCUT2D eigenvalue weighted by Crippen LogP contribution is 2.53. The minimum absolute atomic E-state index is 0.00213. The summed E-state index contributed by atoms with van der Waals surface area (Å²) < 4.78 is 69.8. The lowest BCUT2D eigenvalue weighted by Crippen LogP contribution is -2.10. The van der Waals surface area contributed by atoms with Gasteiger partial charge in [0.1, 0.15) is 11.6 Å². The van der Waals surface area contributed by atoms with Crippen LogP contribution < -0.4 is 0 Å². The fourth-order valence-corrected chi connectivity index (χ4v) is 5.15. The van der Waals surface area contributed by atoms with Gasteiger partial charge in [-0.05, 0) is 53.4 Å². The quantitative estimate of drug-likeness (QED) is 0.209. The van der Waals surface area contributed by atoms with Gasteiger partial charge in [0.05, 0.1) is 21.3 Å². The zero-order chi connectivity index (χ0) is 27.5. The number of hydrogen-bond donors (Lipinski definition) is 2. The molecule has 2 N–H and O–H groups in total. The van der Waals surface area contributed by atoms with Gasteiger partial charge in [0.25, 0.3) is 0 Å². The zero-order valence-electron chi connectivity index (χ0n) is 20.0. The normalized spacial score (nSPS) is 13.1. The molecule has 0 amide bonds. The predicted octanol–water partition coefficient (Wildman–Crippen LogP) is 10.3. The fraction of sp³-hybridized carbons (Fsp3) is 0.172. The Balaban J connectivity index is 1.88. The van der Waals surface area contributed by atoms with Crippen molar-refractivity contribution in [1.82, 2.24) is 4.98 Å². The average molecular weight is 564 g/mol. The summed E-state index contributed by atoms with van der Waals surface area (Å²) in [4.78, 5) is 3.26. The number of rotatable bonds is 4. The first-order chi connectivity index (χ1) is 17.9. The summed E-state index contributed by atoms with van der Waals surface area (Å²) in [5.74, 6) is -0.954. The molecular weight excluding hydrogens is 544 g/mol.